The Kier molecular flexibility index (Phi) is 16.2. The second-order valence-electron chi connectivity index (χ2n) is 18.8. The molecule has 11 rings (SSSR count). The molecule has 82 heavy (non-hydrogen) atoms. The summed E-state index contributed by atoms with van der Waals surface area (Å²) in [6.07, 6.45) is -2.16. The Morgan fingerprint density at radius 2 is 1.33 bits per heavy atom. The molecule has 410 valence electrons. The summed E-state index contributed by atoms with van der Waals surface area (Å²) >= 11 is 2.97. The van der Waals surface area contributed by atoms with E-state index in [0.717, 1.165) is 61.8 Å². The maximum Gasteiger partial charge on any atom is 0.434 e. The molecule has 13 nitrogen and oxygen atoms in total. The maximum atomic E-state index is 15.1. The number of carbonyl (C=O) groups is 3. The van der Waals surface area contributed by atoms with E-state index < -0.39 is 46.6 Å². The van der Waals surface area contributed by atoms with Crippen molar-refractivity contribution in [2.45, 2.75) is 35.7 Å². The number of rotatable bonds is 19. The van der Waals surface area contributed by atoms with Crippen molar-refractivity contribution in [2.75, 3.05) is 18.2 Å². The SMILES string of the molecule is COc1ccc(COC(=O)C2=C(C=Cc3scnc3C(F)(F)F)CS[C@H]3C(NC(=O)C(=NOc4ccccc4C(c4ccccc4)c4ccccc4)c4nsc(NC(c5ccccc5)(c5ccccc5)c5ccccc5)n4)C(=O)N23)cc1. The molecule has 19 heteroatoms. The van der Waals surface area contributed by atoms with Crippen molar-refractivity contribution in [2.24, 2.45) is 5.16 Å². The molecule has 0 spiro atoms. The van der Waals surface area contributed by atoms with Crippen LogP contribution in [0.2, 0.25) is 0 Å². The number of carbonyl (C=O) groups excluding carboxylic acids is 3. The van der Waals surface area contributed by atoms with Gasteiger partial charge in [-0.2, -0.15) is 22.5 Å². The third-order valence-corrected chi connectivity index (χ3v) is 16.5. The van der Waals surface area contributed by atoms with Crippen molar-refractivity contribution in [1.29, 1.82) is 0 Å². The maximum absolute atomic E-state index is 15.1. The van der Waals surface area contributed by atoms with Crippen molar-refractivity contribution in [3.05, 3.63) is 278 Å². The second-order valence-corrected chi connectivity index (χ2v) is 21.5. The van der Waals surface area contributed by atoms with Crippen molar-refractivity contribution in [3.63, 3.8) is 0 Å². The van der Waals surface area contributed by atoms with Gasteiger partial charge in [0.05, 0.1) is 17.5 Å². The Labute approximate surface area is 482 Å². The Balaban J connectivity index is 0.953. The van der Waals surface area contributed by atoms with E-state index >= 15 is 4.79 Å². The second kappa shape index (κ2) is 24.3. The lowest BCUT2D eigenvalue weighted by Crippen LogP contribution is -2.71. The first-order valence-electron chi connectivity index (χ1n) is 25.7. The Morgan fingerprint density at radius 3 is 1.91 bits per heavy atom. The van der Waals surface area contributed by atoms with Crippen LogP contribution in [0.4, 0.5) is 18.3 Å². The summed E-state index contributed by atoms with van der Waals surface area (Å²) in [4.78, 5) is 59.8. The summed E-state index contributed by atoms with van der Waals surface area (Å²) < 4.78 is 57.5. The van der Waals surface area contributed by atoms with E-state index in [4.69, 9.17) is 23.7 Å². The first-order chi connectivity index (χ1) is 40.0. The van der Waals surface area contributed by atoms with Crippen molar-refractivity contribution in [1.82, 2.24) is 24.6 Å². The molecule has 0 saturated carbocycles. The number of anilines is 1. The van der Waals surface area contributed by atoms with Gasteiger partial charge in [-0.05, 0) is 63.2 Å². The highest BCUT2D eigenvalue weighted by Gasteiger charge is 2.55. The number of amides is 2. The fourth-order valence-corrected chi connectivity index (χ4v) is 12.5. The molecule has 0 bridgehead atoms. The molecular formula is C63H48F3N7O6S3. The van der Waals surface area contributed by atoms with Crippen molar-refractivity contribution in [3.8, 4) is 11.5 Å². The summed E-state index contributed by atoms with van der Waals surface area (Å²) in [7, 11) is 1.52. The highest BCUT2D eigenvalue weighted by molar-refractivity contribution is 8.00. The van der Waals surface area contributed by atoms with Gasteiger partial charge in [-0.25, -0.2) is 9.78 Å². The lowest BCUT2D eigenvalue weighted by atomic mass is 9.77. The van der Waals surface area contributed by atoms with Crippen LogP contribution in [0.1, 0.15) is 61.3 Å². The number of oxime groups is 1. The summed E-state index contributed by atoms with van der Waals surface area (Å²) in [6.45, 7) is -0.197. The molecule has 2 N–H and O–H groups in total. The smallest absolute Gasteiger partial charge is 0.434 e. The minimum atomic E-state index is -4.73. The van der Waals surface area contributed by atoms with Gasteiger partial charge >= 0.3 is 12.1 Å². The van der Waals surface area contributed by atoms with Gasteiger partial charge < -0.3 is 24.9 Å². The number of thiazole rings is 1. The number of ether oxygens (including phenoxy) is 2. The zero-order valence-electron chi connectivity index (χ0n) is 43.5. The average molecular weight is 1150 g/mol. The van der Waals surface area contributed by atoms with E-state index in [-0.39, 0.29) is 46.0 Å². The Bertz CT molecular complexity index is 3680. The largest absolute Gasteiger partial charge is 0.497 e. The van der Waals surface area contributed by atoms with E-state index in [2.05, 4.69) is 20.8 Å². The number of benzene rings is 7. The van der Waals surface area contributed by atoms with Crippen LogP contribution in [0.15, 0.2) is 228 Å². The number of thioether (sulfide) groups is 1. The number of esters is 1. The van der Waals surface area contributed by atoms with Crippen molar-refractivity contribution >= 4 is 69.3 Å². The molecule has 7 aromatic carbocycles. The van der Waals surface area contributed by atoms with Crippen LogP contribution in [0.25, 0.3) is 6.08 Å². The molecule has 4 heterocycles. The van der Waals surface area contributed by atoms with Crippen LogP contribution in [0.3, 0.4) is 0 Å². The number of hydrogen-bond acceptors (Lipinski definition) is 14. The third kappa shape index (κ3) is 11.4. The van der Waals surface area contributed by atoms with Gasteiger partial charge in [-0.15, -0.1) is 23.1 Å². The molecule has 2 amide bonds. The van der Waals surface area contributed by atoms with E-state index in [1.165, 1.54) is 35.9 Å². The van der Waals surface area contributed by atoms with Crippen LogP contribution < -0.4 is 20.2 Å². The summed E-state index contributed by atoms with van der Waals surface area (Å²) in [5, 5.41) is 10.6. The highest BCUT2D eigenvalue weighted by atomic mass is 32.2. The van der Waals surface area contributed by atoms with Gasteiger partial charge in [0.1, 0.15) is 35.0 Å². The van der Waals surface area contributed by atoms with Crippen molar-refractivity contribution < 1.29 is 41.9 Å². The van der Waals surface area contributed by atoms with Gasteiger partial charge in [0, 0.05) is 28.8 Å². The highest BCUT2D eigenvalue weighted by Crippen LogP contribution is 2.44. The minimum Gasteiger partial charge on any atom is -0.497 e. The number of β-lactam (4-membered cyclic amide) rings is 1. The number of aromatic nitrogens is 3. The zero-order valence-corrected chi connectivity index (χ0v) is 45.9. The molecular weight excluding hydrogens is 1100 g/mol. The molecule has 0 radical (unpaired) electrons. The number of nitrogens with zero attached hydrogens (tertiary/aromatic N) is 5. The number of hydrogen-bond donors (Lipinski definition) is 2. The van der Waals surface area contributed by atoms with Gasteiger partial charge in [0.25, 0.3) is 11.8 Å². The Morgan fingerprint density at radius 1 is 0.756 bits per heavy atom. The minimum absolute atomic E-state index is 0.0456. The van der Waals surface area contributed by atoms with Gasteiger partial charge in [0.2, 0.25) is 16.7 Å². The monoisotopic (exact) mass is 1150 g/mol. The van der Waals surface area contributed by atoms with E-state index in [1.807, 2.05) is 164 Å². The average Bonchev–Trinajstić information content (AvgIpc) is 2.58. The number of nitrogens with one attached hydrogen (secondary N) is 2. The quantitative estimate of drug-likeness (QED) is 0.0261. The van der Waals surface area contributed by atoms with E-state index in [9.17, 15) is 22.8 Å². The topological polar surface area (TPSA) is 157 Å². The lowest BCUT2D eigenvalue weighted by Gasteiger charge is -2.49. The van der Waals surface area contributed by atoms with E-state index in [0.29, 0.717) is 22.2 Å². The first-order valence-corrected chi connectivity index (χ1v) is 28.4. The van der Waals surface area contributed by atoms with Crippen LogP contribution >= 0.6 is 34.6 Å². The molecule has 2 aromatic heterocycles. The van der Waals surface area contributed by atoms with Crippen LogP contribution in [-0.4, -0.2) is 67.0 Å². The summed E-state index contributed by atoms with van der Waals surface area (Å²) in [5.41, 5.74) is 4.65. The van der Waals surface area contributed by atoms with Crippen LogP contribution in [0, 0.1) is 0 Å². The standard InChI is InChI=1S/C63H48F3N7O6S3/c1-77-47-34-31-40(32-35-47)37-78-60(76)54-43(33-36-50-55(63(64,65)66)67-39-81-50)38-80-59-53(58(75)73(54)59)68-57(74)52(71-79-49-30-18-17-29-48(49)51(41-19-7-2-8-20-41)42-21-9-3-10-22-42)56-69-61(82-72-56)70-62(44-23-11-4-12-24-44,45-25-13-5-14-26-45)46-27-15-6-16-28-46/h2-36,39,51,53,59H,37-38H2,1H3,(H,68,74)(H,69,70,72)/t53?,59-/m0/s1. The number of halogens is 3. The molecule has 2 aliphatic rings. The van der Waals surface area contributed by atoms with Gasteiger partial charge in [-0.1, -0.05) is 193 Å². The summed E-state index contributed by atoms with van der Waals surface area (Å²) in [6, 6.07) is 62.5. The number of para-hydroxylation sites is 1. The number of fused-ring (bicyclic) bond motifs is 1. The number of methoxy groups -OCH3 is 1. The number of allylic oxidation sites excluding steroid dienone is 1. The fraction of sp³-hybridized carbons (Fsp3) is 0.127. The van der Waals surface area contributed by atoms with Gasteiger partial charge in [0.15, 0.2) is 11.4 Å². The predicted octanol–water partition coefficient (Wildman–Crippen LogP) is 12.5. The molecule has 2 atom stereocenters. The predicted molar refractivity (Wildman–Crippen MR) is 311 cm³/mol. The molecule has 1 unspecified atom stereocenters. The lowest BCUT2D eigenvalue weighted by molar-refractivity contribution is -0.153. The molecule has 1 fully saturated rings. The first kappa shape index (κ1) is 54.8. The van der Waals surface area contributed by atoms with Gasteiger partial charge in [-0.3, -0.25) is 14.5 Å². The molecule has 9 aromatic rings. The summed E-state index contributed by atoms with van der Waals surface area (Å²) in [5.74, 6) is -1.94. The number of alkyl halides is 3. The van der Waals surface area contributed by atoms with E-state index in [1.54, 1.807) is 36.4 Å². The Hall–Kier alpha value is -9.17. The van der Waals surface area contributed by atoms with Crippen LogP contribution in [-0.2, 0) is 37.4 Å². The molecule has 1 saturated heterocycles. The zero-order chi connectivity index (χ0) is 56.6. The normalized spacial score (nSPS) is 15.5. The van der Waals surface area contributed by atoms with Crippen LogP contribution in [0.5, 0.6) is 11.5 Å². The fourth-order valence-electron chi connectivity index (χ4n) is 9.91. The third-order valence-electron chi connectivity index (χ3n) is 13.8. The molecule has 2 aliphatic heterocycles. The molecule has 0 aliphatic carbocycles.